The predicted molar refractivity (Wildman–Crippen MR) is 100 cm³/mol. The summed E-state index contributed by atoms with van der Waals surface area (Å²) in [5.74, 6) is -0.0428. The Balaban J connectivity index is 1.94. The molecule has 1 atom stereocenters. The van der Waals surface area contributed by atoms with Crippen LogP contribution in [0.5, 0.6) is 0 Å². The highest BCUT2D eigenvalue weighted by molar-refractivity contribution is 7.89. The first kappa shape index (κ1) is 21.3. The zero-order valence-corrected chi connectivity index (χ0v) is 16.8. The lowest BCUT2D eigenvalue weighted by Crippen LogP contribution is -3.15. The highest BCUT2D eigenvalue weighted by Gasteiger charge is 2.31. The van der Waals surface area contributed by atoms with E-state index in [0.717, 1.165) is 16.9 Å². The van der Waals surface area contributed by atoms with E-state index in [0.29, 0.717) is 37.0 Å². The van der Waals surface area contributed by atoms with Crippen LogP contribution < -0.4 is 10.2 Å². The molecule has 1 aromatic carbocycles. The molecular formula is C18H28N3O5S+. The quantitative estimate of drug-likeness (QED) is 0.702. The van der Waals surface area contributed by atoms with Gasteiger partial charge in [0.15, 0.2) is 6.54 Å². The number of methoxy groups -OCH3 is 1. The molecule has 0 radical (unpaired) electrons. The predicted octanol–water partition coefficient (Wildman–Crippen LogP) is -0.0281. The van der Waals surface area contributed by atoms with E-state index in [9.17, 15) is 18.0 Å². The summed E-state index contributed by atoms with van der Waals surface area (Å²) in [6, 6.07) is 7.08. The first-order valence-electron chi connectivity index (χ1n) is 9.09. The summed E-state index contributed by atoms with van der Waals surface area (Å²) in [7, 11) is -2.35. The van der Waals surface area contributed by atoms with Gasteiger partial charge in [0.25, 0.3) is 5.91 Å². The molecule has 27 heavy (non-hydrogen) atoms. The minimum Gasteiger partial charge on any atom is -0.453 e. The molecule has 0 spiro atoms. The second kappa shape index (κ2) is 9.29. The number of imide groups is 1. The third kappa shape index (κ3) is 5.50. The SMILES string of the molecule is CC[C@@H](C)c1ccc(S(=O)(=O)N2CC[NH+](CC(=O)NC(=O)OC)CC2)cc1. The Morgan fingerprint density at radius 3 is 2.33 bits per heavy atom. The number of piperazine rings is 1. The smallest absolute Gasteiger partial charge is 0.413 e. The molecule has 2 amide bonds. The average Bonchev–Trinajstić information content (AvgIpc) is 2.67. The van der Waals surface area contributed by atoms with E-state index in [4.69, 9.17) is 0 Å². The molecule has 2 N–H and O–H groups in total. The van der Waals surface area contributed by atoms with Crippen molar-refractivity contribution in [3.63, 3.8) is 0 Å². The summed E-state index contributed by atoms with van der Waals surface area (Å²) in [5.41, 5.74) is 1.13. The number of sulfonamides is 1. The molecule has 1 fully saturated rings. The zero-order valence-electron chi connectivity index (χ0n) is 16.0. The Hall–Kier alpha value is -1.97. The van der Waals surface area contributed by atoms with E-state index in [1.165, 1.54) is 11.4 Å². The van der Waals surface area contributed by atoms with Gasteiger partial charge < -0.3 is 9.64 Å². The summed E-state index contributed by atoms with van der Waals surface area (Å²) >= 11 is 0. The fourth-order valence-corrected chi connectivity index (χ4v) is 4.45. The largest absolute Gasteiger partial charge is 0.453 e. The number of ether oxygens (including phenoxy) is 1. The molecule has 1 aliphatic heterocycles. The highest BCUT2D eigenvalue weighted by Crippen LogP contribution is 2.22. The van der Waals surface area contributed by atoms with Crippen molar-refractivity contribution in [3.8, 4) is 0 Å². The van der Waals surface area contributed by atoms with Crippen LogP contribution in [0.3, 0.4) is 0 Å². The minimum absolute atomic E-state index is 0.104. The normalized spacial score (nSPS) is 17.3. The highest BCUT2D eigenvalue weighted by atomic mass is 32.2. The lowest BCUT2D eigenvalue weighted by molar-refractivity contribution is -0.895. The van der Waals surface area contributed by atoms with Crippen molar-refractivity contribution >= 4 is 22.0 Å². The summed E-state index contributed by atoms with van der Waals surface area (Å²) in [4.78, 5) is 24.0. The Kier molecular flexibility index (Phi) is 7.34. The van der Waals surface area contributed by atoms with Crippen LogP contribution in [0.25, 0.3) is 0 Å². The summed E-state index contributed by atoms with van der Waals surface area (Å²) in [5, 5.41) is 2.11. The van der Waals surface area contributed by atoms with E-state index in [2.05, 4.69) is 23.9 Å². The van der Waals surface area contributed by atoms with Gasteiger partial charge >= 0.3 is 6.09 Å². The molecule has 0 bridgehead atoms. The summed E-state index contributed by atoms with van der Waals surface area (Å²) < 4.78 is 31.5. The molecule has 9 heteroatoms. The first-order valence-corrected chi connectivity index (χ1v) is 10.5. The van der Waals surface area contributed by atoms with E-state index < -0.39 is 22.0 Å². The topological polar surface area (TPSA) is 97.2 Å². The number of hydrogen-bond donors (Lipinski definition) is 2. The minimum atomic E-state index is -3.54. The van der Waals surface area contributed by atoms with Gasteiger partial charge in [-0.2, -0.15) is 4.31 Å². The number of hydrogen-bond acceptors (Lipinski definition) is 5. The van der Waals surface area contributed by atoms with Crippen LogP contribution in [0.2, 0.25) is 0 Å². The van der Waals surface area contributed by atoms with Crippen molar-refractivity contribution in [2.75, 3.05) is 39.8 Å². The maximum atomic E-state index is 12.8. The molecule has 2 rings (SSSR count). The molecule has 0 saturated carbocycles. The molecule has 150 valence electrons. The van der Waals surface area contributed by atoms with Gasteiger partial charge in [0.2, 0.25) is 10.0 Å². The van der Waals surface area contributed by atoms with Crippen LogP contribution in [0, 0.1) is 0 Å². The van der Waals surface area contributed by atoms with Crippen molar-refractivity contribution in [2.24, 2.45) is 0 Å². The van der Waals surface area contributed by atoms with Crippen LogP contribution >= 0.6 is 0 Å². The van der Waals surface area contributed by atoms with Gasteiger partial charge in [-0.15, -0.1) is 0 Å². The summed E-state index contributed by atoms with van der Waals surface area (Å²) in [6.45, 7) is 5.97. The monoisotopic (exact) mass is 398 g/mol. The van der Waals surface area contributed by atoms with Crippen molar-refractivity contribution in [2.45, 2.75) is 31.1 Å². The van der Waals surface area contributed by atoms with Crippen LogP contribution in [0.15, 0.2) is 29.2 Å². The zero-order chi connectivity index (χ0) is 20.0. The fourth-order valence-electron chi connectivity index (χ4n) is 3.01. The lowest BCUT2D eigenvalue weighted by Gasteiger charge is -2.31. The van der Waals surface area contributed by atoms with Crippen molar-refractivity contribution in [3.05, 3.63) is 29.8 Å². The molecule has 1 aliphatic rings. The third-order valence-corrected chi connectivity index (χ3v) is 6.88. The number of benzene rings is 1. The van der Waals surface area contributed by atoms with Gasteiger partial charge in [-0.25, -0.2) is 13.2 Å². The number of rotatable bonds is 6. The molecule has 0 aliphatic carbocycles. The van der Waals surface area contributed by atoms with Gasteiger partial charge in [-0.1, -0.05) is 26.0 Å². The number of quaternary nitrogens is 1. The van der Waals surface area contributed by atoms with Crippen LogP contribution in [-0.2, 0) is 19.6 Å². The molecule has 8 nitrogen and oxygen atoms in total. The van der Waals surface area contributed by atoms with Gasteiger partial charge in [0.1, 0.15) is 0 Å². The molecule has 1 heterocycles. The van der Waals surface area contributed by atoms with E-state index in [1.807, 2.05) is 12.1 Å². The van der Waals surface area contributed by atoms with Crippen LogP contribution in [0.4, 0.5) is 4.79 Å². The fraction of sp³-hybridized carbons (Fsp3) is 0.556. The molecule has 0 aromatic heterocycles. The Labute approximate surface area is 160 Å². The number of alkyl carbamates (subject to hydrolysis) is 1. The van der Waals surface area contributed by atoms with Gasteiger partial charge in [0, 0.05) is 0 Å². The number of nitrogens with zero attached hydrogens (tertiary/aromatic N) is 1. The molecule has 1 aromatic rings. The third-order valence-electron chi connectivity index (χ3n) is 4.97. The summed E-state index contributed by atoms with van der Waals surface area (Å²) in [6.07, 6.45) is 0.210. The van der Waals surface area contributed by atoms with Gasteiger partial charge in [-0.3, -0.25) is 10.1 Å². The van der Waals surface area contributed by atoms with E-state index >= 15 is 0 Å². The lowest BCUT2D eigenvalue weighted by atomic mass is 9.99. The van der Waals surface area contributed by atoms with Crippen LogP contribution in [-0.4, -0.2) is 64.6 Å². The maximum absolute atomic E-state index is 12.8. The van der Waals surface area contributed by atoms with Crippen molar-refractivity contribution < 1.29 is 27.6 Å². The number of carbonyl (C=O) groups is 2. The second-order valence-electron chi connectivity index (χ2n) is 6.75. The van der Waals surface area contributed by atoms with E-state index in [-0.39, 0.29) is 6.54 Å². The Morgan fingerprint density at radius 1 is 1.22 bits per heavy atom. The first-order chi connectivity index (χ1) is 12.8. The van der Waals surface area contributed by atoms with Crippen molar-refractivity contribution in [1.29, 1.82) is 0 Å². The van der Waals surface area contributed by atoms with Gasteiger partial charge in [-0.05, 0) is 30.0 Å². The molecule has 1 saturated heterocycles. The standard InChI is InChI=1S/C18H27N3O5S/c1-4-14(2)15-5-7-16(8-6-15)27(24,25)21-11-9-20(10-12-21)13-17(22)19-18(23)26-3/h5-8,14H,4,9-13H2,1-3H3,(H,19,22,23)/p+1/t14-/m1/s1. The number of nitrogens with one attached hydrogen (secondary N) is 2. The maximum Gasteiger partial charge on any atom is 0.413 e. The Morgan fingerprint density at radius 2 is 1.81 bits per heavy atom. The van der Waals surface area contributed by atoms with Crippen LogP contribution in [0.1, 0.15) is 31.7 Å². The molecule has 0 unspecified atom stereocenters. The molecular weight excluding hydrogens is 370 g/mol. The Bertz CT molecular complexity index is 756. The van der Waals surface area contributed by atoms with E-state index in [1.54, 1.807) is 12.1 Å². The van der Waals surface area contributed by atoms with Gasteiger partial charge in [0.05, 0.1) is 38.2 Å². The number of carbonyl (C=O) groups excluding carboxylic acids is 2. The average molecular weight is 399 g/mol. The number of amides is 2. The van der Waals surface area contributed by atoms with Crippen molar-refractivity contribution in [1.82, 2.24) is 9.62 Å². The second-order valence-corrected chi connectivity index (χ2v) is 8.69.